The highest BCUT2D eigenvalue weighted by atomic mass is 35.5. The fourth-order valence-electron chi connectivity index (χ4n) is 3.18. The van der Waals surface area contributed by atoms with Crippen LogP contribution in [0.15, 0.2) is 52.3 Å². The molecule has 1 aliphatic rings. The molecule has 11 heteroatoms. The molecule has 30 heavy (non-hydrogen) atoms. The normalized spacial score (nSPS) is 16.0. The number of sulfonamides is 1. The number of alkyl halides is 2. The average Bonchev–Trinajstić information content (AvgIpc) is 2.71. The second kappa shape index (κ2) is 9.82. The lowest BCUT2D eigenvalue weighted by atomic mass is 9.97. The highest BCUT2D eigenvalue weighted by molar-refractivity contribution is 7.99. The highest BCUT2D eigenvalue weighted by Crippen LogP contribution is 2.33. The number of rotatable bonds is 6. The third-order valence-electron chi connectivity index (χ3n) is 4.70. The van der Waals surface area contributed by atoms with Gasteiger partial charge in [0, 0.05) is 28.9 Å². The molecule has 2 aromatic rings. The van der Waals surface area contributed by atoms with Gasteiger partial charge in [-0.25, -0.2) is 8.42 Å². The maximum absolute atomic E-state index is 12.9. The van der Waals surface area contributed by atoms with Gasteiger partial charge in [-0.3, -0.25) is 4.79 Å². The van der Waals surface area contributed by atoms with Crippen molar-refractivity contribution in [3.8, 4) is 0 Å². The van der Waals surface area contributed by atoms with Crippen LogP contribution in [0.3, 0.4) is 0 Å². The van der Waals surface area contributed by atoms with Gasteiger partial charge in [0.2, 0.25) is 15.9 Å². The summed E-state index contributed by atoms with van der Waals surface area (Å²) in [6.45, 7) is 0.271. The first-order chi connectivity index (χ1) is 14.2. The number of anilines is 1. The van der Waals surface area contributed by atoms with E-state index in [9.17, 15) is 22.0 Å². The zero-order chi connectivity index (χ0) is 21.9. The fraction of sp³-hybridized carbons (Fsp3) is 0.316. The molecule has 0 saturated carbocycles. The Kier molecular flexibility index (Phi) is 7.62. The summed E-state index contributed by atoms with van der Waals surface area (Å²) in [5.74, 6) is -3.36. The number of carbonyl (C=O) groups is 1. The summed E-state index contributed by atoms with van der Waals surface area (Å²) in [4.78, 5) is 12.8. The molecule has 1 aliphatic heterocycles. The van der Waals surface area contributed by atoms with Gasteiger partial charge < -0.3 is 5.32 Å². The van der Waals surface area contributed by atoms with Crippen LogP contribution in [0.1, 0.15) is 12.8 Å². The summed E-state index contributed by atoms with van der Waals surface area (Å²) < 4.78 is 52.5. The van der Waals surface area contributed by atoms with E-state index in [4.69, 9.17) is 23.2 Å². The highest BCUT2D eigenvalue weighted by Gasteiger charge is 2.33. The lowest BCUT2D eigenvalue weighted by molar-refractivity contribution is -0.120. The number of carbonyl (C=O) groups excluding carboxylic acids is 1. The van der Waals surface area contributed by atoms with Crippen LogP contribution in [0.2, 0.25) is 10.0 Å². The number of hydrogen-bond acceptors (Lipinski definition) is 4. The molecule has 2 aromatic carbocycles. The molecule has 0 aliphatic carbocycles. The Hall–Kier alpha value is -1.39. The van der Waals surface area contributed by atoms with Gasteiger partial charge in [-0.15, -0.1) is 0 Å². The summed E-state index contributed by atoms with van der Waals surface area (Å²) in [6, 6.07) is 10.6. The number of benzene rings is 2. The summed E-state index contributed by atoms with van der Waals surface area (Å²) in [5, 5.41) is 3.02. The molecule has 0 atom stereocenters. The van der Waals surface area contributed by atoms with Crippen LogP contribution >= 0.6 is 35.0 Å². The fourth-order valence-corrected chi connectivity index (χ4v) is 5.98. The number of hydrogen-bond donors (Lipinski definition) is 1. The topological polar surface area (TPSA) is 66.5 Å². The minimum Gasteiger partial charge on any atom is -0.325 e. The lowest BCUT2D eigenvalue weighted by Gasteiger charge is -2.31. The monoisotopic (exact) mass is 494 g/mol. The number of thioether (sulfide) groups is 1. The molecule has 0 spiro atoms. The van der Waals surface area contributed by atoms with Crippen LogP contribution in [0.4, 0.5) is 14.5 Å². The molecule has 1 fully saturated rings. The van der Waals surface area contributed by atoms with Gasteiger partial charge in [-0.1, -0.05) is 47.1 Å². The quantitative estimate of drug-likeness (QED) is 0.549. The van der Waals surface area contributed by atoms with Gasteiger partial charge in [0.05, 0.1) is 10.7 Å². The average molecular weight is 495 g/mol. The van der Waals surface area contributed by atoms with Crippen LogP contribution in [-0.4, -0.2) is 37.5 Å². The van der Waals surface area contributed by atoms with Crippen molar-refractivity contribution in [3.05, 3.63) is 52.5 Å². The molecule has 3 rings (SSSR count). The molecule has 1 amide bonds. The molecule has 0 radical (unpaired) electrons. The molecular formula is C19H18Cl2F2N2O3S2. The first kappa shape index (κ1) is 23.3. The predicted molar refractivity (Wildman–Crippen MR) is 115 cm³/mol. The van der Waals surface area contributed by atoms with Crippen molar-refractivity contribution in [2.75, 3.05) is 18.4 Å². The number of halogens is 4. The van der Waals surface area contributed by atoms with Gasteiger partial charge in [0.1, 0.15) is 4.90 Å². The minimum absolute atomic E-state index is 0.0717. The Morgan fingerprint density at radius 3 is 2.47 bits per heavy atom. The Balaban J connectivity index is 1.66. The summed E-state index contributed by atoms with van der Waals surface area (Å²) in [6.07, 6.45) is 0.598. The zero-order valence-electron chi connectivity index (χ0n) is 15.5. The van der Waals surface area contributed by atoms with Gasteiger partial charge >= 0.3 is 0 Å². The van der Waals surface area contributed by atoms with Crippen molar-refractivity contribution in [2.45, 2.75) is 28.4 Å². The molecule has 0 unspecified atom stereocenters. The zero-order valence-corrected chi connectivity index (χ0v) is 18.7. The standard InChI is InChI=1S/C19H18Cl2F2N2O3S2/c20-13-5-6-14(21)17(11-13)30(27,28)25-9-7-12(8-10-25)18(26)24-15-3-1-2-4-16(15)29-19(22)23/h1-6,11-12,19H,7-10H2,(H,24,26). The minimum atomic E-state index is -3.84. The van der Waals surface area contributed by atoms with E-state index < -0.39 is 21.7 Å². The van der Waals surface area contributed by atoms with Crippen LogP contribution in [0, 0.1) is 5.92 Å². The maximum atomic E-state index is 12.9. The van der Waals surface area contributed by atoms with Crippen molar-refractivity contribution in [1.82, 2.24) is 4.31 Å². The van der Waals surface area contributed by atoms with Gasteiger partial charge in [-0.05, 0) is 43.2 Å². The van der Waals surface area contributed by atoms with E-state index in [0.717, 1.165) is 0 Å². The molecular weight excluding hydrogens is 477 g/mol. The lowest BCUT2D eigenvalue weighted by Crippen LogP contribution is -2.41. The Bertz CT molecular complexity index is 1030. The molecule has 1 saturated heterocycles. The Morgan fingerprint density at radius 2 is 1.80 bits per heavy atom. The van der Waals surface area contributed by atoms with Crippen molar-refractivity contribution in [1.29, 1.82) is 0 Å². The Labute approximate surface area is 187 Å². The van der Waals surface area contributed by atoms with E-state index in [2.05, 4.69) is 5.32 Å². The van der Waals surface area contributed by atoms with Crippen LogP contribution in [0.5, 0.6) is 0 Å². The van der Waals surface area contributed by atoms with Gasteiger partial charge in [0.15, 0.2) is 0 Å². The number of nitrogens with one attached hydrogen (secondary N) is 1. The van der Waals surface area contributed by atoms with E-state index in [1.165, 1.54) is 28.6 Å². The third kappa shape index (κ3) is 5.45. The smallest absolute Gasteiger partial charge is 0.288 e. The first-order valence-electron chi connectivity index (χ1n) is 8.98. The number of para-hydroxylation sites is 1. The van der Waals surface area contributed by atoms with Crippen LogP contribution in [0.25, 0.3) is 0 Å². The second-order valence-corrected chi connectivity index (χ2v) is 10.4. The molecule has 0 aromatic heterocycles. The Morgan fingerprint density at radius 1 is 1.13 bits per heavy atom. The summed E-state index contributed by atoms with van der Waals surface area (Å²) in [7, 11) is -3.84. The van der Waals surface area contributed by atoms with Crippen molar-refractivity contribution < 1.29 is 22.0 Å². The van der Waals surface area contributed by atoms with Crippen LogP contribution in [-0.2, 0) is 14.8 Å². The third-order valence-corrected chi connectivity index (χ3v) is 8.10. The van der Waals surface area contributed by atoms with Crippen LogP contribution < -0.4 is 5.32 Å². The SMILES string of the molecule is O=C(Nc1ccccc1SC(F)F)C1CCN(S(=O)(=O)c2cc(Cl)ccc2Cl)CC1. The largest absolute Gasteiger partial charge is 0.325 e. The molecule has 0 bridgehead atoms. The van der Waals surface area contributed by atoms with E-state index in [1.807, 2.05) is 0 Å². The molecule has 1 N–H and O–H groups in total. The molecule has 162 valence electrons. The predicted octanol–water partition coefficient (Wildman–Crippen LogP) is 5.35. The molecule has 5 nitrogen and oxygen atoms in total. The summed E-state index contributed by atoms with van der Waals surface area (Å²) in [5.41, 5.74) is 0.313. The van der Waals surface area contributed by atoms with E-state index in [1.54, 1.807) is 18.2 Å². The van der Waals surface area contributed by atoms with Gasteiger partial charge in [-0.2, -0.15) is 13.1 Å². The second-order valence-electron chi connectivity index (χ2n) is 6.62. The van der Waals surface area contributed by atoms with E-state index >= 15 is 0 Å². The number of nitrogens with zero attached hydrogens (tertiary/aromatic N) is 1. The number of piperidine rings is 1. The van der Waals surface area contributed by atoms with Crippen molar-refractivity contribution >= 4 is 56.6 Å². The first-order valence-corrected chi connectivity index (χ1v) is 12.1. The van der Waals surface area contributed by atoms with Crippen molar-refractivity contribution in [2.24, 2.45) is 5.92 Å². The van der Waals surface area contributed by atoms with Crippen molar-refractivity contribution in [3.63, 3.8) is 0 Å². The number of amides is 1. The summed E-state index contributed by atoms with van der Waals surface area (Å²) >= 11 is 12.3. The molecule has 1 heterocycles. The van der Waals surface area contributed by atoms with E-state index in [0.29, 0.717) is 30.3 Å². The van der Waals surface area contributed by atoms with Gasteiger partial charge in [0.25, 0.3) is 5.76 Å². The maximum Gasteiger partial charge on any atom is 0.288 e. The van der Waals surface area contributed by atoms with E-state index in [-0.39, 0.29) is 38.8 Å².